The summed E-state index contributed by atoms with van der Waals surface area (Å²) in [7, 11) is 0. The summed E-state index contributed by atoms with van der Waals surface area (Å²) in [6, 6.07) is 10.5. The van der Waals surface area contributed by atoms with Gasteiger partial charge in [-0.25, -0.2) is 9.59 Å². The van der Waals surface area contributed by atoms with Crippen molar-refractivity contribution in [3.8, 4) is 0 Å². The van der Waals surface area contributed by atoms with E-state index in [-0.39, 0.29) is 19.1 Å². The number of benzene rings is 1. The maximum Gasteiger partial charge on any atom is 0.411 e. The molecule has 1 aliphatic heterocycles. The molecule has 0 bridgehead atoms. The molecule has 7 heteroatoms. The number of carbonyl (C=O) groups is 2. The average molecular weight is 503 g/mol. The fourth-order valence-corrected chi connectivity index (χ4v) is 5.33. The first-order valence-electron chi connectivity index (χ1n) is 13.9. The van der Waals surface area contributed by atoms with E-state index in [1.807, 2.05) is 30.3 Å². The third-order valence-corrected chi connectivity index (χ3v) is 7.19. The van der Waals surface area contributed by atoms with Crippen molar-refractivity contribution in [2.45, 2.75) is 128 Å². The van der Waals surface area contributed by atoms with Crippen molar-refractivity contribution in [1.29, 1.82) is 0 Å². The van der Waals surface area contributed by atoms with Crippen LogP contribution in [0.4, 0.5) is 4.79 Å². The molecular formula is C29H46N2O5. The highest BCUT2D eigenvalue weighted by Crippen LogP contribution is 2.25. The van der Waals surface area contributed by atoms with Crippen LogP contribution >= 0.6 is 0 Å². The normalized spacial score (nSPS) is 23.6. The standard InChI is InChI=1S/C17H23NO5.C12H23N/c1-17(2,3)23-16(21)18-10-13(9-14(18)15(19)20)22-11-12-7-5-4-6-8-12;1-3-7-11(8-4-1)13-12-9-5-2-6-10-12/h4-8,13-14H,9-11H2,1-3H3,(H,19,20);11-13H,1-10H2/t13-,14+;/m1./s1. The van der Waals surface area contributed by atoms with Gasteiger partial charge in [-0.3, -0.25) is 4.90 Å². The molecule has 3 fully saturated rings. The lowest BCUT2D eigenvalue weighted by atomic mass is 9.91. The molecular weight excluding hydrogens is 456 g/mol. The Labute approximate surface area is 216 Å². The molecule has 2 aliphatic carbocycles. The van der Waals surface area contributed by atoms with Gasteiger partial charge in [-0.1, -0.05) is 68.9 Å². The lowest BCUT2D eigenvalue weighted by Gasteiger charge is -2.30. The van der Waals surface area contributed by atoms with E-state index in [0.717, 1.165) is 17.6 Å². The second-order valence-electron chi connectivity index (χ2n) is 11.5. The first kappa shape index (κ1) is 28.5. The van der Waals surface area contributed by atoms with Crippen LogP contribution in [-0.4, -0.2) is 58.4 Å². The maximum atomic E-state index is 12.2. The van der Waals surface area contributed by atoms with Gasteiger partial charge >= 0.3 is 12.1 Å². The topological polar surface area (TPSA) is 88.1 Å². The first-order valence-corrected chi connectivity index (χ1v) is 13.9. The van der Waals surface area contributed by atoms with Gasteiger partial charge in [-0.15, -0.1) is 0 Å². The van der Waals surface area contributed by atoms with E-state index >= 15 is 0 Å². The Kier molecular flexibility index (Phi) is 11.1. The molecule has 0 spiro atoms. The number of nitrogens with one attached hydrogen (secondary N) is 1. The Bertz CT molecular complexity index is 782. The number of carboxylic acid groups (broad SMARTS) is 1. The number of carboxylic acids is 1. The van der Waals surface area contributed by atoms with Crippen LogP contribution in [0.25, 0.3) is 0 Å². The summed E-state index contributed by atoms with van der Waals surface area (Å²) in [6.45, 7) is 5.86. The van der Waals surface area contributed by atoms with Crippen LogP contribution in [0.3, 0.4) is 0 Å². The minimum Gasteiger partial charge on any atom is -0.480 e. The predicted molar refractivity (Wildman–Crippen MR) is 141 cm³/mol. The van der Waals surface area contributed by atoms with Gasteiger partial charge in [-0.2, -0.15) is 0 Å². The molecule has 2 N–H and O–H groups in total. The van der Waals surface area contributed by atoms with Crippen molar-refractivity contribution in [3.05, 3.63) is 35.9 Å². The van der Waals surface area contributed by atoms with Crippen molar-refractivity contribution in [2.75, 3.05) is 6.54 Å². The van der Waals surface area contributed by atoms with Crippen LogP contribution in [-0.2, 0) is 20.9 Å². The molecule has 1 saturated heterocycles. The third-order valence-electron chi connectivity index (χ3n) is 7.19. The monoisotopic (exact) mass is 502 g/mol. The molecule has 7 nitrogen and oxygen atoms in total. The van der Waals surface area contributed by atoms with Gasteiger partial charge in [0.2, 0.25) is 0 Å². The highest BCUT2D eigenvalue weighted by atomic mass is 16.6. The quantitative estimate of drug-likeness (QED) is 0.503. The zero-order valence-electron chi connectivity index (χ0n) is 22.4. The Hall–Kier alpha value is -2.12. The number of ether oxygens (including phenoxy) is 2. The minimum absolute atomic E-state index is 0.221. The molecule has 2 saturated carbocycles. The van der Waals surface area contributed by atoms with E-state index in [1.165, 1.54) is 69.1 Å². The number of hydrogen-bond donors (Lipinski definition) is 2. The van der Waals surface area contributed by atoms with Crippen LogP contribution in [0, 0.1) is 0 Å². The molecule has 1 aromatic rings. The van der Waals surface area contributed by atoms with E-state index in [0.29, 0.717) is 6.61 Å². The Morgan fingerprint density at radius 2 is 1.50 bits per heavy atom. The predicted octanol–water partition coefficient (Wildman–Crippen LogP) is 5.91. The van der Waals surface area contributed by atoms with Gasteiger partial charge < -0.3 is 19.9 Å². The summed E-state index contributed by atoms with van der Waals surface area (Å²) >= 11 is 0. The number of rotatable bonds is 6. The smallest absolute Gasteiger partial charge is 0.411 e. The molecule has 0 unspecified atom stereocenters. The molecule has 1 aromatic carbocycles. The van der Waals surface area contributed by atoms with Gasteiger partial charge in [0, 0.05) is 18.5 Å². The van der Waals surface area contributed by atoms with Gasteiger partial charge in [0.1, 0.15) is 11.6 Å². The van der Waals surface area contributed by atoms with Gasteiger partial charge in [0.05, 0.1) is 19.3 Å². The van der Waals surface area contributed by atoms with Crippen molar-refractivity contribution in [3.63, 3.8) is 0 Å². The maximum absolute atomic E-state index is 12.2. The first-order chi connectivity index (χ1) is 17.2. The van der Waals surface area contributed by atoms with E-state index in [4.69, 9.17) is 9.47 Å². The molecule has 2 atom stereocenters. The second-order valence-corrected chi connectivity index (χ2v) is 11.5. The van der Waals surface area contributed by atoms with Crippen molar-refractivity contribution in [2.24, 2.45) is 0 Å². The largest absolute Gasteiger partial charge is 0.480 e. The number of aliphatic carboxylic acids is 1. The second kappa shape index (κ2) is 14.0. The molecule has 0 aromatic heterocycles. The van der Waals surface area contributed by atoms with Gasteiger partial charge in [0.15, 0.2) is 0 Å². The van der Waals surface area contributed by atoms with E-state index in [2.05, 4.69) is 5.32 Å². The number of amides is 1. The van der Waals surface area contributed by atoms with Crippen LogP contribution in [0.2, 0.25) is 0 Å². The van der Waals surface area contributed by atoms with Crippen molar-refractivity contribution in [1.82, 2.24) is 10.2 Å². The summed E-state index contributed by atoms with van der Waals surface area (Å²) in [5, 5.41) is 13.2. The minimum atomic E-state index is -1.04. The summed E-state index contributed by atoms with van der Waals surface area (Å²) in [4.78, 5) is 24.8. The summed E-state index contributed by atoms with van der Waals surface area (Å²) in [6.07, 6.45) is 13.9. The number of nitrogens with zero attached hydrogens (tertiary/aromatic N) is 1. The van der Waals surface area contributed by atoms with Gasteiger partial charge in [0.25, 0.3) is 0 Å². The highest BCUT2D eigenvalue weighted by Gasteiger charge is 2.42. The zero-order valence-corrected chi connectivity index (χ0v) is 22.4. The molecule has 36 heavy (non-hydrogen) atoms. The van der Waals surface area contributed by atoms with Crippen molar-refractivity contribution < 1.29 is 24.2 Å². The fraction of sp³-hybridized carbons (Fsp3) is 0.724. The molecule has 1 amide bonds. The highest BCUT2D eigenvalue weighted by molar-refractivity contribution is 5.81. The van der Waals surface area contributed by atoms with Crippen molar-refractivity contribution >= 4 is 12.1 Å². The molecule has 4 rings (SSSR count). The van der Waals surface area contributed by atoms with E-state index in [1.54, 1.807) is 20.8 Å². The van der Waals surface area contributed by atoms with Crippen LogP contribution < -0.4 is 5.32 Å². The summed E-state index contributed by atoms with van der Waals surface area (Å²) in [5.74, 6) is -1.04. The van der Waals surface area contributed by atoms with E-state index < -0.39 is 23.7 Å². The summed E-state index contributed by atoms with van der Waals surface area (Å²) < 4.78 is 11.0. The SMILES string of the molecule is C1CCC(NC2CCCCC2)CC1.CC(C)(C)OC(=O)N1C[C@H](OCc2ccccc2)C[C@H]1C(=O)O. The third kappa shape index (κ3) is 9.74. The Balaban J connectivity index is 0.000000233. The average Bonchev–Trinajstić information content (AvgIpc) is 3.29. The molecule has 202 valence electrons. The number of hydrogen-bond acceptors (Lipinski definition) is 5. The van der Waals surface area contributed by atoms with Gasteiger partial charge in [-0.05, 0) is 52.0 Å². The number of carbonyl (C=O) groups excluding carboxylic acids is 1. The zero-order chi connectivity index (χ0) is 26.0. The Morgan fingerprint density at radius 3 is 2.00 bits per heavy atom. The van der Waals surface area contributed by atoms with E-state index in [9.17, 15) is 14.7 Å². The van der Waals surface area contributed by atoms with Crippen LogP contribution in [0.1, 0.15) is 97.0 Å². The molecule has 1 heterocycles. The lowest BCUT2D eigenvalue weighted by molar-refractivity contribution is -0.142. The Morgan fingerprint density at radius 1 is 0.944 bits per heavy atom. The fourth-order valence-electron chi connectivity index (χ4n) is 5.33. The van der Waals surface area contributed by atoms with Crippen LogP contribution in [0.15, 0.2) is 30.3 Å². The molecule has 0 radical (unpaired) electrons. The lowest BCUT2D eigenvalue weighted by Crippen LogP contribution is -2.43. The summed E-state index contributed by atoms with van der Waals surface area (Å²) in [5.41, 5.74) is 0.346. The van der Waals surface area contributed by atoms with Crippen LogP contribution in [0.5, 0.6) is 0 Å². The number of likely N-dealkylation sites (tertiary alicyclic amines) is 1. The molecule has 3 aliphatic rings.